The first-order valence-corrected chi connectivity index (χ1v) is 14.6. The highest BCUT2D eigenvalue weighted by Gasteiger charge is 2.27. The number of aromatic amines is 1. The van der Waals surface area contributed by atoms with Crippen LogP contribution in [0.3, 0.4) is 0 Å². The summed E-state index contributed by atoms with van der Waals surface area (Å²) in [4.78, 5) is 39.3. The van der Waals surface area contributed by atoms with Gasteiger partial charge >= 0.3 is 0 Å². The van der Waals surface area contributed by atoms with Crippen molar-refractivity contribution >= 4 is 40.1 Å². The van der Waals surface area contributed by atoms with Gasteiger partial charge in [-0.15, -0.1) is 0 Å². The van der Waals surface area contributed by atoms with Crippen LogP contribution in [0.15, 0.2) is 97.3 Å². The Bertz CT molecular complexity index is 2270. The van der Waals surface area contributed by atoms with E-state index < -0.39 is 0 Å². The van der Waals surface area contributed by atoms with Crippen LogP contribution < -0.4 is 11.1 Å². The number of aryl methyl sites for hydroxylation is 1. The summed E-state index contributed by atoms with van der Waals surface area (Å²) in [7, 11) is 0. The number of nitrogens with two attached hydrogens (primary N) is 1. The van der Waals surface area contributed by atoms with Gasteiger partial charge in [0.2, 0.25) is 0 Å². The number of carbonyl (C=O) groups excluding carboxylic acids is 2. The van der Waals surface area contributed by atoms with Crippen molar-refractivity contribution in [3.05, 3.63) is 120 Å². The minimum absolute atomic E-state index is 0.169. The summed E-state index contributed by atoms with van der Waals surface area (Å²) in [5.74, 6) is 0.792. The lowest BCUT2D eigenvalue weighted by Crippen LogP contribution is -2.27. The summed E-state index contributed by atoms with van der Waals surface area (Å²) >= 11 is 0. The Kier molecular flexibility index (Phi) is 6.19. The van der Waals surface area contributed by atoms with Crippen LogP contribution in [0.1, 0.15) is 44.3 Å². The van der Waals surface area contributed by atoms with Crippen LogP contribution in [0.4, 0.5) is 5.82 Å². The largest absolute Gasteiger partial charge is 0.383 e. The first kappa shape index (κ1) is 26.5. The summed E-state index contributed by atoms with van der Waals surface area (Å²) in [5.41, 5.74) is 14.8. The van der Waals surface area contributed by atoms with Crippen LogP contribution in [-0.2, 0) is 6.42 Å². The molecule has 0 radical (unpaired) electrons. The molecule has 10 heteroatoms. The molecule has 218 valence electrons. The fourth-order valence-corrected chi connectivity index (χ4v) is 6.20. The minimum atomic E-state index is -0.240. The Balaban J connectivity index is 1.18. The molecule has 0 saturated carbocycles. The zero-order valence-corrected chi connectivity index (χ0v) is 23.9. The highest BCUT2D eigenvalue weighted by Crippen LogP contribution is 2.36. The van der Waals surface area contributed by atoms with E-state index in [0.29, 0.717) is 44.9 Å². The van der Waals surface area contributed by atoms with E-state index in [1.807, 2.05) is 65.2 Å². The van der Waals surface area contributed by atoms with Gasteiger partial charge in [0, 0.05) is 34.0 Å². The molecule has 4 aromatic heterocycles. The first-order valence-electron chi connectivity index (χ1n) is 14.6. The molecule has 0 bridgehead atoms. The number of H-pyrrole nitrogens is 1. The number of anilines is 1. The number of aromatic nitrogens is 6. The smallest absolute Gasteiger partial charge is 0.251 e. The number of hydrogen-bond acceptors (Lipinski definition) is 7. The van der Waals surface area contributed by atoms with Gasteiger partial charge in [0.15, 0.2) is 17.8 Å². The molecule has 0 unspecified atom stereocenters. The van der Waals surface area contributed by atoms with Crippen molar-refractivity contribution in [3.63, 3.8) is 0 Å². The summed E-state index contributed by atoms with van der Waals surface area (Å²) in [6.45, 7) is 0. The van der Waals surface area contributed by atoms with Gasteiger partial charge in [-0.3, -0.25) is 19.3 Å². The Labute approximate surface area is 257 Å². The van der Waals surface area contributed by atoms with Crippen molar-refractivity contribution in [2.24, 2.45) is 0 Å². The average Bonchev–Trinajstić information content (AvgIpc) is 3.81. The van der Waals surface area contributed by atoms with E-state index in [9.17, 15) is 9.59 Å². The first-order chi connectivity index (χ1) is 22.1. The van der Waals surface area contributed by atoms with E-state index in [2.05, 4.69) is 32.6 Å². The van der Waals surface area contributed by atoms with Gasteiger partial charge in [-0.05, 0) is 72.5 Å². The van der Waals surface area contributed by atoms with E-state index in [1.54, 1.807) is 24.5 Å². The predicted octanol–water partition coefficient (Wildman–Crippen LogP) is 5.84. The van der Waals surface area contributed by atoms with E-state index in [4.69, 9.17) is 15.7 Å². The number of nitrogens with one attached hydrogen (secondary N) is 2. The molecule has 0 aliphatic heterocycles. The van der Waals surface area contributed by atoms with Crippen molar-refractivity contribution in [1.82, 2.24) is 35.0 Å². The number of rotatable bonds is 6. The Morgan fingerprint density at radius 1 is 1.00 bits per heavy atom. The summed E-state index contributed by atoms with van der Waals surface area (Å²) < 4.78 is 2.03. The highest BCUT2D eigenvalue weighted by molar-refractivity contribution is 6.03. The van der Waals surface area contributed by atoms with Crippen LogP contribution in [0.5, 0.6) is 0 Å². The maximum atomic E-state index is 13.3. The summed E-state index contributed by atoms with van der Waals surface area (Å²) in [5, 5.41) is 10.7. The van der Waals surface area contributed by atoms with Crippen LogP contribution in [0.25, 0.3) is 50.4 Å². The molecule has 0 fully saturated rings. The van der Waals surface area contributed by atoms with Gasteiger partial charge in [0.1, 0.15) is 11.3 Å². The fourth-order valence-electron chi connectivity index (χ4n) is 6.20. The molecular formula is C35H26N8O2. The Morgan fingerprint density at radius 2 is 1.89 bits per heavy atom. The van der Waals surface area contributed by atoms with Crippen LogP contribution in [-0.4, -0.2) is 41.9 Å². The zero-order valence-electron chi connectivity index (χ0n) is 23.9. The second kappa shape index (κ2) is 10.5. The van der Waals surface area contributed by atoms with E-state index in [0.717, 1.165) is 52.7 Å². The topological polar surface area (TPSA) is 144 Å². The van der Waals surface area contributed by atoms with E-state index >= 15 is 0 Å². The van der Waals surface area contributed by atoms with Gasteiger partial charge in [0.05, 0.1) is 29.0 Å². The maximum absolute atomic E-state index is 13.3. The van der Waals surface area contributed by atoms with Gasteiger partial charge in [-0.25, -0.2) is 15.0 Å². The third-order valence-electron chi connectivity index (χ3n) is 8.39. The third kappa shape index (κ3) is 4.51. The fraction of sp³-hybridized carbons (Fsp3) is 0.0857. The van der Waals surface area contributed by atoms with E-state index in [-0.39, 0.29) is 11.9 Å². The molecule has 4 heterocycles. The molecule has 4 N–H and O–H groups in total. The van der Waals surface area contributed by atoms with Gasteiger partial charge in [0.25, 0.3) is 5.91 Å². The molecule has 1 amide bonds. The molecular weight excluding hydrogens is 564 g/mol. The number of pyridine rings is 2. The van der Waals surface area contributed by atoms with Gasteiger partial charge in [-0.1, -0.05) is 36.4 Å². The minimum Gasteiger partial charge on any atom is -0.383 e. The van der Waals surface area contributed by atoms with Crippen molar-refractivity contribution in [3.8, 4) is 28.3 Å². The molecule has 1 aliphatic carbocycles. The number of fused-ring (bicyclic) bond motifs is 3. The second-order valence-electron chi connectivity index (χ2n) is 11.1. The average molecular weight is 591 g/mol. The van der Waals surface area contributed by atoms with Crippen molar-refractivity contribution in [1.29, 1.82) is 0 Å². The molecule has 45 heavy (non-hydrogen) atoms. The summed E-state index contributed by atoms with van der Waals surface area (Å²) in [6.07, 6.45) is 5.54. The lowest BCUT2D eigenvalue weighted by atomic mass is 10.0. The lowest BCUT2D eigenvalue weighted by molar-refractivity contribution is 0.0937. The molecule has 1 aliphatic rings. The van der Waals surface area contributed by atoms with Gasteiger partial charge in [-0.2, -0.15) is 5.10 Å². The molecule has 0 saturated heterocycles. The standard InChI is InChI=1S/C35H26N8O2/c36-32-27(7-4-14-37-32)33-40-30-13-12-28(20-5-2-1-3-6-20)39-34(30)43(33)25-9-10-26-21(17-25)8-11-29(26)41-35(45)22-15-23-18-38-42-31(23)24(16-22)19-44/h1-7,9-10,12-19,29H,8,11H2,(H2,36,37)(H,38,42)(H,41,45)/t29-/m0/s1. The summed E-state index contributed by atoms with van der Waals surface area (Å²) in [6, 6.07) is 27.1. The molecule has 10 nitrogen and oxygen atoms in total. The number of hydrogen-bond donors (Lipinski definition) is 3. The second-order valence-corrected chi connectivity index (χ2v) is 11.1. The maximum Gasteiger partial charge on any atom is 0.251 e. The number of benzene rings is 3. The Morgan fingerprint density at radius 3 is 2.73 bits per heavy atom. The zero-order chi connectivity index (χ0) is 30.5. The molecule has 8 rings (SSSR count). The van der Waals surface area contributed by atoms with Crippen molar-refractivity contribution < 1.29 is 9.59 Å². The van der Waals surface area contributed by atoms with Crippen LogP contribution >= 0.6 is 0 Å². The quantitative estimate of drug-likeness (QED) is 0.206. The SMILES string of the molecule is Nc1ncccc1-c1nc2ccc(-c3ccccc3)nc2n1-c1ccc2c(c1)CC[C@@H]2NC(=O)c1cc(C=O)c2[nH]ncc2c1. The number of amides is 1. The Hall–Kier alpha value is -6.16. The molecule has 3 aromatic carbocycles. The number of nitrogens with zero attached hydrogens (tertiary/aromatic N) is 5. The monoisotopic (exact) mass is 590 g/mol. The van der Waals surface area contributed by atoms with Gasteiger partial charge < -0.3 is 11.1 Å². The van der Waals surface area contributed by atoms with E-state index in [1.165, 1.54) is 0 Å². The highest BCUT2D eigenvalue weighted by atomic mass is 16.1. The van der Waals surface area contributed by atoms with Crippen LogP contribution in [0.2, 0.25) is 0 Å². The molecule has 1 atom stereocenters. The number of imidazole rings is 1. The lowest BCUT2D eigenvalue weighted by Gasteiger charge is -2.16. The normalized spacial score (nSPS) is 14.1. The number of nitrogen functional groups attached to an aromatic ring is 1. The third-order valence-corrected chi connectivity index (χ3v) is 8.39. The van der Waals surface area contributed by atoms with Crippen molar-refractivity contribution in [2.45, 2.75) is 18.9 Å². The number of aldehydes is 1. The molecule has 0 spiro atoms. The van der Waals surface area contributed by atoms with Crippen molar-refractivity contribution in [2.75, 3.05) is 5.73 Å². The molecule has 7 aromatic rings. The number of carbonyl (C=O) groups is 2. The van der Waals surface area contributed by atoms with Crippen LogP contribution in [0, 0.1) is 0 Å². The predicted molar refractivity (Wildman–Crippen MR) is 172 cm³/mol.